The fraction of sp³-hybridized carbons (Fsp3) is 0.355. The summed E-state index contributed by atoms with van der Waals surface area (Å²) in [6.45, 7) is 1.04. The predicted octanol–water partition coefficient (Wildman–Crippen LogP) is 6.72. The van der Waals surface area contributed by atoms with Gasteiger partial charge in [-0.3, -0.25) is 13.9 Å². The van der Waals surface area contributed by atoms with Gasteiger partial charge >= 0.3 is 0 Å². The number of ether oxygens (including phenoxy) is 1. The summed E-state index contributed by atoms with van der Waals surface area (Å²) in [5.41, 5.74) is 0.793. The number of methoxy groups -OCH3 is 1. The average molecular weight is 667 g/mol. The highest BCUT2D eigenvalue weighted by atomic mass is 35.5. The summed E-state index contributed by atoms with van der Waals surface area (Å²) in [5, 5.41) is 3.90. The van der Waals surface area contributed by atoms with Gasteiger partial charge in [0.25, 0.3) is 10.0 Å². The molecular weight excluding hydrogens is 633 g/mol. The molecule has 230 valence electrons. The van der Waals surface area contributed by atoms with E-state index in [2.05, 4.69) is 5.32 Å². The van der Waals surface area contributed by atoms with Gasteiger partial charge in [0.2, 0.25) is 11.8 Å². The molecule has 0 aliphatic heterocycles. The maximum Gasteiger partial charge on any atom is 0.264 e. The van der Waals surface area contributed by atoms with Crippen LogP contribution >= 0.6 is 34.8 Å². The van der Waals surface area contributed by atoms with Gasteiger partial charge in [-0.1, -0.05) is 78.3 Å². The quantitative estimate of drug-likeness (QED) is 0.245. The van der Waals surface area contributed by atoms with E-state index in [0.717, 1.165) is 36.4 Å². The second-order valence-corrected chi connectivity index (χ2v) is 13.5. The number of benzene rings is 3. The SMILES string of the molecule is COc1ccc(N(CC(=O)N(Cc2ccc(Cl)c(Cl)c2)C(C)C(=O)NC2CCCCC2)S(=O)(=O)c2ccccc2)cc1Cl. The topological polar surface area (TPSA) is 96.0 Å². The number of amides is 2. The third kappa shape index (κ3) is 8.15. The lowest BCUT2D eigenvalue weighted by Crippen LogP contribution is -2.53. The Hall–Kier alpha value is -2.98. The number of hydrogen-bond acceptors (Lipinski definition) is 5. The van der Waals surface area contributed by atoms with Crippen molar-refractivity contribution in [1.82, 2.24) is 10.2 Å². The van der Waals surface area contributed by atoms with Gasteiger partial charge in [0.05, 0.1) is 32.8 Å². The maximum absolute atomic E-state index is 14.1. The van der Waals surface area contributed by atoms with E-state index >= 15 is 0 Å². The summed E-state index contributed by atoms with van der Waals surface area (Å²) < 4.78 is 34.1. The monoisotopic (exact) mass is 665 g/mol. The zero-order valence-electron chi connectivity index (χ0n) is 23.9. The predicted molar refractivity (Wildman–Crippen MR) is 170 cm³/mol. The number of sulfonamides is 1. The molecule has 4 rings (SSSR count). The number of anilines is 1. The van der Waals surface area contributed by atoms with Crippen LogP contribution < -0.4 is 14.4 Å². The number of carbonyl (C=O) groups is 2. The fourth-order valence-electron chi connectivity index (χ4n) is 5.04. The number of rotatable bonds is 11. The van der Waals surface area contributed by atoms with Crippen molar-refractivity contribution in [2.75, 3.05) is 18.0 Å². The molecule has 0 saturated heterocycles. The highest BCUT2D eigenvalue weighted by molar-refractivity contribution is 7.92. The summed E-state index contributed by atoms with van der Waals surface area (Å²) >= 11 is 18.7. The molecule has 12 heteroatoms. The lowest BCUT2D eigenvalue weighted by molar-refractivity contribution is -0.139. The third-order valence-electron chi connectivity index (χ3n) is 7.49. The molecule has 1 fully saturated rings. The second kappa shape index (κ2) is 14.7. The first-order valence-electron chi connectivity index (χ1n) is 14.0. The molecule has 1 aliphatic rings. The van der Waals surface area contributed by atoms with Crippen molar-refractivity contribution in [2.24, 2.45) is 0 Å². The molecule has 1 saturated carbocycles. The molecule has 43 heavy (non-hydrogen) atoms. The van der Waals surface area contributed by atoms with Crippen LogP contribution in [0.1, 0.15) is 44.6 Å². The third-order valence-corrected chi connectivity index (χ3v) is 10.3. The van der Waals surface area contributed by atoms with Gasteiger partial charge in [0, 0.05) is 12.6 Å². The van der Waals surface area contributed by atoms with Gasteiger partial charge in [-0.05, 0) is 67.8 Å². The largest absolute Gasteiger partial charge is 0.495 e. The van der Waals surface area contributed by atoms with Crippen molar-refractivity contribution in [3.63, 3.8) is 0 Å². The molecule has 2 amide bonds. The number of carbonyl (C=O) groups excluding carboxylic acids is 2. The van der Waals surface area contributed by atoms with Crippen molar-refractivity contribution in [1.29, 1.82) is 0 Å². The van der Waals surface area contributed by atoms with Gasteiger partial charge in [0.1, 0.15) is 18.3 Å². The van der Waals surface area contributed by atoms with Crippen LogP contribution in [0.5, 0.6) is 5.75 Å². The molecule has 1 N–H and O–H groups in total. The van der Waals surface area contributed by atoms with Crippen molar-refractivity contribution >= 4 is 62.3 Å². The van der Waals surface area contributed by atoms with Crippen molar-refractivity contribution in [2.45, 2.75) is 62.6 Å². The first kappa shape index (κ1) is 32.9. The standard InChI is InChI=1S/C31H34Cl3N3O5S/c1-21(31(39)35-23-9-5-3-6-10-23)36(19-22-13-15-26(32)27(33)17-22)30(38)20-37(24-14-16-29(42-2)28(34)18-24)43(40,41)25-11-7-4-8-12-25/h4,7-8,11-18,21,23H,3,5-6,9-10,19-20H2,1-2H3,(H,35,39). The fourth-order valence-corrected chi connectivity index (χ4v) is 7.04. The van der Waals surface area contributed by atoms with E-state index in [4.69, 9.17) is 39.5 Å². The Morgan fingerprint density at radius 3 is 2.26 bits per heavy atom. The lowest BCUT2D eigenvalue weighted by Gasteiger charge is -2.33. The minimum atomic E-state index is -4.23. The summed E-state index contributed by atoms with van der Waals surface area (Å²) in [6, 6.07) is 16.3. The second-order valence-electron chi connectivity index (χ2n) is 10.4. The smallest absolute Gasteiger partial charge is 0.264 e. The molecule has 1 atom stereocenters. The molecule has 0 heterocycles. The zero-order valence-corrected chi connectivity index (χ0v) is 27.0. The molecule has 1 unspecified atom stereocenters. The summed E-state index contributed by atoms with van der Waals surface area (Å²) in [4.78, 5) is 28.9. The average Bonchev–Trinajstić information content (AvgIpc) is 3.00. The van der Waals surface area contributed by atoms with Crippen molar-refractivity contribution < 1.29 is 22.7 Å². The molecule has 0 spiro atoms. The van der Waals surface area contributed by atoms with Gasteiger partial charge in [-0.2, -0.15) is 0 Å². The Labute approximate surface area is 267 Å². The Kier molecular flexibility index (Phi) is 11.2. The van der Waals surface area contributed by atoms with Crippen LogP contribution in [0.2, 0.25) is 15.1 Å². The van der Waals surface area contributed by atoms with E-state index in [-0.39, 0.29) is 34.1 Å². The van der Waals surface area contributed by atoms with Crippen LogP contribution in [0.15, 0.2) is 71.6 Å². The molecular formula is C31H34Cl3N3O5S. The van der Waals surface area contributed by atoms with E-state index in [0.29, 0.717) is 21.4 Å². The van der Waals surface area contributed by atoms with Gasteiger partial charge < -0.3 is 15.0 Å². The first-order valence-corrected chi connectivity index (χ1v) is 16.5. The molecule has 8 nitrogen and oxygen atoms in total. The Morgan fingerprint density at radius 1 is 0.930 bits per heavy atom. The van der Waals surface area contributed by atoms with E-state index in [1.54, 1.807) is 43.3 Å². The van der Waals surface area contributed by atoms with Crippen LogP contribution in [-0.4, -0.2) is 50.9 Å². The van der Waals surface area contributed by atoms with Crippen molar-refractivity contribution in [3.05, 3.63) is 87.4 Å². The Bertz CT molecular complexity index is 1550. The number of hydrogen-bond donors (Lipinski definition) is 1. The van der Waals surface area contributed by atoms with E-state index in [1.807, 2.05) is 0 Å². The van der Waals surface area contributed by atoms with Crippen LogP contribution in [0.25, 0.3) is 0 Å². The van der Waals surface area contributed by atoms with Gasteiger partial charge in [-0.25, -0.2) is 8.42 Å². The molecule has 0 aromatic heterocycles. The lowest BCUT2D eigenvalue weighted by atomic mass is 9.95. The molecule has 3 aromatic rings. The minimum absolute atomic E-state index is 0.00241. The molecule has 0 radical (unpaired) electrons. The number of halogens is 3. The van der Waals surface area contributed by atoms with Crippen LogP contribution in [-0.2, 0) is 26.2 Å². The molecule has 1 aliphatic carbocycles. The zero-order chi connectivity index (χ0) is 31.1. The minimum Gasteiger partial charge on any atom is -0.495 e. The van der Waals surface area contributed by atoms with Gasteiger partial charge in [0.15, 0.2) is 0 Å². The van der Waals surface area contributed by atoms with Gasteiger partial charge in [-0.15, -0.1) is 0 Å². The normalized spacial score (nSPS) is 14.5. The number of nitrogens with zero attached hydrogens (tertiary/aromatic N) is 2. The molecule has 3 aromatic carbocycles. The highest BCUT2D eigenvalue weighted by Gasteiger charge is 2.33. The van der Waals surface area contributed by atoms with Crippen LogP contribution in [0, 0.1) is 0 Å². The van der Waals surface area contributed by atoms with Crippen molar-refractivity contribution in [3.8, 4) is 5.75 Å². The van der Waals surface area contributed by atoms with E-state index in [1.165, 1.54) is 42.3 Å². The molecule has 0 bridgehead atoms. The summed E-state index contributed by atoms with van der Waals surface area (Å²) in [5.74, 6) is -0.558. The van der Waals surface area contributed by atoms with Crippen LogP contribution in [0.4, 0.5) is 5.69 Å². The van der Waals surface area contributed by atoms with E-state index < -0.39 is 28.5 Å². The highest BCUT2D eigenvalue weighted by Crippen LogP contribution is 2.32. The van der Waals surface area contributed by atoms with E-state index in [9.17, 15) is 18.0 Å². The summed E-state index contributed by atoms with van der Waals surface area (Å²) in [7, 11) is -2.78. The van der Waals surface area contributed by atoms with Crippen LogP contribution in [0.3, 0.4) is 0 Å². The Morgan fingerprint density at radius 2 is 1.63 bits per heavy atom. The summed E-state index contributed by atoms with van der Waals surface area (Å²) in [6.07, 6.45) is 4.94. The number of nitrogens with one attached hydrogen (secondary N) is 1. The maximum atomic E-state index is 14.1. The Balaban J connectivity index is 1.70. The first-order chi connectivity index (χ1) is 20.5.